The van der Waals surface area contributed by atoms with Gasteiger partial charge in [0.15, 0.2) is 0 Å². The molecular weight excluding hydrogens is 415 g/mol. The Bertz CT molecular complexity index is 1050. The van der Waals surface area contributed by atoms with Crippen LogP contribution in [0.1, 0.15) is 18.1 Å². The van der Waals surface area contributed by atoms with E-state index in [-0.39, 0.29) is 5.56 Å². The van der Waals surface area contributed by atoms with Crippen molar-refractivity contribution in [3.63, 3.8) is 0 Å². The van der Waals surface area contributed by atoms with Gasteiger partial charge in [-0.05, 0) is 42.7 Å². The number of alkyl halides is 3. The van der Waals surface area contributed by atoms with Gasteiger partial charge in [0.05, 0.1) is 0 Å². The molecule has 162 valence electrons. The highest BCUT2D eigenvalue weighted by Crippen LogP contribution is 2.32. The van der Waals surface area contributed by atoms with Gasteiger partial charge in [0.1, 0.15) is 17.8 Å². The maximum absolute atomic E-state index is 13.0. The number of para-hydroxylation sites is 1. The summed E-state index contributed by atoms with van der Waals surface area (Å²) < 4.78 is 40.9. The number of nitrogens with one attached hydrogen (secondary N) is 1. The topological polar surface area (TPSA) is 79.0 Å². The number of nitrogens with zero attached hydrogens (tertiary/aromatic N) is 2. The minimum absolute atomic E-state index is 0.266. The van der Waals surface area contributed by atoms with Gasteiger partial charge in [-0.15, -0.1) is 13.2 Å². The van der Waals surface area contributed by atoms with Gasteiger partial charge in [-0.2, -0.15) is 0 Å². The first-order chi connectivity index (χ1) is 14.6. The van der Waals surface area contributed by atoms with Crippen LogP contribution in [0.2, 0.25) is 0 Å². The van der Waals surface area contributed by atoms with Crippen molar-refractivity contribution < 1.29 is 32.3 Å². The number of anilines is 1. The molecule has 0 aromatic heterocycles. The van der Waals surface area contributed by atoms with E-state index in [1.54, 1.807) is 12.1 Å². The van der Waals surface area contributed by atoms with Gasteiger partial charge in [0.2, 0.25) is 5.91 Å². The predicted molar refractivity (Wildman–Crippen MR) is 103 cm³/mol. The Balaban J connectivity index is 1.50. The summed E-state index contributed by atoms with van der Waals surface area (Å²) in [4.78, 5) is 40.7. The zero-order valence-corrected chi connectivity index (χ0v) is 16.4. The highest BCUT2D eigenvalue weighted by atomic mass is 19.4. The molecule has 0 spiro atoms. The normalized spacial score (nSPS) is 20.6. The van der Waals surface area contributed by atoms with Crippen LogP contribution in [0.25, 0.3) is 0 Å². The molecule has 0 saturated carbocycles. The van der Waals surface area contributed by atoms with Crippen LogP contribution < -0.4 is 15.0 Å². The Kier molecular flexibility index (Phi) is 4.87. The summed E-state index contributed by atoms with van der Waals surface area (Å²) in [6.45, 7) is 1.45. The molecule has 1 fully saturated rings. The molecule has 7 nitrogen and oxygen atoms in total. The number of hydrogen-bond donors (Lipinski definition) is 1. The maximum Gasteiger partial charge on any atom is 0.573 e. The monoisotopic (exact) mass is 433 g/mol. The van der Waals surface area contributed by atoms with Gasteiger partial charge in [-0.3, -0.25) is 14.5 Å². The lowest BCUT2D eigenvalue weighted by Gasteiger charge is -2.23. The molecule has 4 rings (SSSR count). The van der Waals surface area contributed by atoms with E-state index in [1.807, 2.05) is 12.1 Å². The second kappa shape index (κ2) is 7.29. The minimum atomic E-state index is -4.84. The van der Waals surface area contributed by atoms with Gasteiger partial charge >= 0.3 is 12.4 Å². The molecule has 2 heterocycles. The van der Waals surface area contributed by atoms with E-state index in [1.165, 1.54) is 24.0 Å². The van der Waals surface area contributed by atoms with Crippen LogP contribution in [0.15, 0.2) is 48.5 Å². The molecule has 2 aromatic rings. The third kappa shape index (κ3) is 3.80. The number of halogens is 3. The first-order valence-corrected chi connectivity index (χ1v) is 9.47. The van der Waals surface area contributed by atoms with Gasteiger partial charge in [0.25, 0.3) is 5.91 Å². The van der Waals surface area contributed by atoms with Gasteiger partial charge < -0.3 is 15.0 Å². The number of fused-ring (bicyclic) bond motifs is 1. The zero-order chi connectivity index (χ0) is 22.4. The van der Waals surface area contributed by atoms with Gasteiger partial charge in [-0.1, -0.05) is 30.3 Å². The van der Waals surface area contributed by atoms with Crippen molar-refractivity contribution in [3.05, 3.63) is 59.7 Å². The molecule has 0 aliphatic carbocycles. The Morgan fingerprint density at radius 1 is 1.13 bits per heavy atom. The van der Waals surface area contributed by atoms with Gasteiger partial charge in [-0.25, -0.2) is 4.79 Å². The first-order valence-electron chi connectivity index (χ1n) is 9.47. The molecule has 4 amide bonds. The Morgan fingerprint density at radius 2 is 1.81 bits per heavy atom. The average molecular weight is 433 g/mol. The predicted octanol–water partition coefficient (Wildman–Crippen LogP) is 2.94. The number of carbonyl (C=O) groups is 3. The Labute approximate surface area is 175 Å². The number of amides is 4. The minimum Gasteiger partial charge on any atom is -0.406 e. The van der Waals surface area contributed by atoms with Crippen molar-refractivity contribution >= 4 is 23.5 Å². The van der Waals surface area contributed by atoms with E-state index in [0.29, 0.717) is 13.0 Å². The van der Waals surface area contributed by atoms with Crippen LogP contribution in [0, 0.1) is 0 Å². The van der Waals surface area contributed by atoms with Crippen LogP contribution in [-0.4, -0.2) is 42.2 Å². The number of carbonyl (C=O) groups excluding carboxylic acids is 3. The third-order valence-electron chi connectivity index (χ3n) is 5.42. The molecule has 0 radical (unpaired) electrons. The molecule has 1 N–H and O–H groups in total. The molecule has 2 aromatic carbocycles. The molecule has 2 aliphatic heterocycles. The van der Waals surface area contributed by atoms with Crippen molar-refractivity contribution in [1.82, 2.24) is 10.2 Å². The van der Waals surface area contributed by atoms with E-state index < -0.39 is 42.0 Å². The summed E-state index contributed by atoms with van der Waals surface area (Å²) in [5.74, 6) is -1.51. The van der Waals surface area contributed by atoms with Crippen molar-refractivity contribution in [1.29, 1.82) is 0 Å². The lowest BCUT2D eigenvalue weighted by atomic mass is 9.92. The molecule has 0 bridgehead atoms. The average Bonchev–Trinajstić information content (AvgIpc) is 3.23. The standard InChI is InChI=1S/C21H18F3N3O4/c1-20(14-6-8-15(9-7-14)31-21(22,23)24)18(29)27(19(30)25-20)12-17(28)26-11-10-13-4-2-3-5-16(13)26/h2-9H,10-12H2,1H3,(H,25,30). The highest BCUT2D eigenvalue weighted by Gasteiger charge is 2.50. The van der Waals surface area contributed by atoms with E-state index in [4.69, 9.17) is 0 Å². The van der Waals surface area contributed by atoms with Crippen molar-refractivity contribution in [2.45, 2.75) is 25.2 Å². The molecule has 1 unspecified atom stereocenters. The van der Waals surface area contributed by atoms with Crippen LogP contribution in [0.3, 0.4) is 0 Å². The molecule has 31 heavy (non-hydrogen) atoms. The zero-order valence-electron chi connectivity index (χ0n) is 16.4. The van der Waals surface area contributed by atoms with Crippen molar-refractivity contribution in [3.8, 4) is 5.75 Å². The summed E-state index contributed by atoms with van der Waals surface area (Å²) in [7, 11) is 0. The molecular formula is C21H18F3N3O4. The largest absolute Gasteiger partial charge is 0.573 e. The molecule has 1 atom stereocenters. The van der Waals surface area contributed by atoms with Crippen LogP contribution in [0.5, 0.6) is 5.75 Å². The van der Waals surface area contributed by atoms with E-state index in [9.17, 15) is 27.6 Å². The second-order valence-electron chi connectivity index (χ2n) is 7.44. The smallest absolute Gasteiger partial charge is 0.406 e. The van der Waals surface area contributed by atoms with Crippen molar-refractivity contribution in [2.24, 2.45) is 0 Å². The number of urea groups is 1. The number of benzene rings is 2. The third-order valence-corrected chi connectivity index (χ3v) is 5.42. The first kappa shape index (κ1) is 20.7. The summed E-state index contributed by atoms with van der Waals surface area (Å²) in [6.07, 6.45) is -4.15. The summed E-state index contributed by atoms with van der Waals surface area (Å²) in [5.41, 5.74) is 0.514. The van der Waals surface area contributed by atoms with E-state index in [2.05, 4.69) is 10.1 Å². The highest BCUT2D eigenvalue weighted by molar-refractivity contribution is 6.10. The number of rotatable bonds is 4. The summed E-state index contributed by atoms with van der Waals surface area (Å²) >= 11 is 0. The summed E-state index contributed by atoms with van der Waals surface area (Å²) in [5, 5.41) is 2.53. The van der Waals surface area contributed by atoms with Crippen LogP contribution in [-0.2, 0) is 21.5 Å². The summed E-state index contributed by atoms with van der Waals surface area (Å²) in [6, 6.07) is 11.3. The van der Waals surface area contributed by atoms with E-state index >= 15 is 0 Å². The molecule has 1 saturated heterocycles. The number of ether oxygens (including phenoxy) is 1. The lowest BCUT2D eigenvalue weighted by Crippen LogP contribution is -2.44. The fraction of sp³-hybridized carbons (Fsp3) is 0.286. The lowest BCUT2D eigenvalue weighted by molar-refractivity contribution is -0.274. The maximum atomic E-state index is 13.0. The molecule has 2 aliphatic rings. The fourth-order valence-electron chi connectivity index (χ4n) is 3.84. The Morgan fingerprint density at radius 3 is 2.48 bits per heavy atom. The van der Waals surface area contributed by atoms with Crippen molar-refractivity contribution in [2.75, 3.05) is 18.0 Å². The van der Waals surface area contributed by atoms with Gasteiger partial charge in [0, 0.05) is 12.2 Å². The van der Waals surface area contributed by atoms with Crippen LogP contribution in [0.4, 0.5) is 23.7 Å². The van der Waals surface area contributed by atoms with E-state index in [0.717, 1.165) is 28.3 Å². The van der Waals surface area contributed by atoms with Crippen LogP contribution >= 0.6 is 0 Å². The second-order valence-corrected chi connectivity index (χ2v) is 7.44. The number of hydrogen-bond acceptors (Lipinski definition) is 4. The number of imide groups is 1. The fourth-order valence-corrected chi connectivity index (χ4v) is 3.84. The molecule has 10 heteroatoms. The Hall–Kier alpha value is -3.56. The quantitative estimate of drug-likeness (QED) is 0.753. The SMILES string of the molecule is CC1(c2ccc(OC(F)(F)F)cc2)NC(=O)N(CC(=O)N2CCc3ccccc32)C1=O.